The van der Waals surface area contributed by atoms with Gasteiger partial charge in [0.05, 0.1) is 5.69 Å². The lowest BCUT2D eigenvalue weighted by molar-refractivity contribution is -0.124. The molecule has 1 saturated carbocycles. The lowest BCUT2D eigenvalue weighted by Crippen LogP contribution is -2.46. The molecule has 3 aromatic heterocycles. The Morgan fingerprint density at radius 3 is 2.69 bits per heavy atom. The third-order valence-corrected chi connectivity index (χ3v) is 7.34. The van der Waals surface area contributed by atoms with Crippen LogP contribution >= 0.6 is 11.3 Å². The highest BCUT2D eigenvalue weighted by Gasteiger charge is 2.38. The summed E-state index contributed by atoms with van der Waals surface area (Å²) in [4.78, 5) is 39.4. The van der Waals surface area contributed by atoms with Crippen molar-refractivity contribution in [1.82, 2.24) is 20.1 Å². The van der Waals surface area contributed by atoms with Crippen molar-refractivity contribution in [2.75, 3.05) is 16.8 Å². The summed E-state index contributed by atoms with van der Waals surface area (Å²) in [5.74, 6) is 0.562. The van der Waals surface area contributed by atoms with Crippen LogP contribution < -0.4 is 10.2 Å². The normalized spacial score (nSPS) is 17.2. The van der Waals surface area contributed by atoms with Crippen LogP contribution in [0.1, 0.15) is 41.0 Å². The van der Waals surface area contributed by atoms with Crippen molar-refractivity contribution in [1.29, 1.82) is 0 Å². The number of pyridine rings is 1. The number of benzene rings is 1. The molecule has 1 aliphatic rings. The molecule has 0 saturated heterocycles. The van der Waals surface area contributed by atoms with E-state index in [1.54, 1.807) is 24.9 Å². The van der Waals surface area contributed by atoms with E-state index in [4.69, 9.17) is 4.52 Å². The van der Waals surface area contributed by atoms with Crippen molar-refractivity contribution in [3.63, 3.8) is 0 Å². The SMILES string of the molecule is CCN(C(=O)C1CC(Nc2nccc3ccc(-c4noc(C)n4)cc23)C1)c1nc(C)c(C(=O)O)s1. The maximum absolute atomic E-state index is 13.1. The summed E-state index contributed by atoms with van der Waals surface area (Å²) in [5, 5.41) is 19.2. The zero-order chi connectivity index (χ0) is 24.7. The Balaban J connectivity index is 1.29. The van der Waals surface area contributed by atoms with Gasteiger partial charge in [0.2, 0.25) is 17.6 Å². The molecule has 10 nitrogen and oxygen atoms in total. The molecule has 1 fully saturated rings. The number of aromatic nitrogens is 4. The number of aromatic carboxylic acids is 1. The standard InChI is InChI=1S/C24H24N6O4S/c1-4-30(24-26-12(2)19(35-24)23(32)33)22(31)16-9-17(10-16)28-21-18-11-15(20-27-13(3)34-29-20)6-5-14(18)7-8-25-21/h5-8,11,16-17H,4,9-10H2,1-3H3,(H,25,28)(H,32,33). The van der Waals surface area contributed by atoms with Crippen LogP contribution in [0.2, 0.25) is 0 Å². The van der Waals surface area contributed by atoms with Crippen LogP contribution in [-0.2, 0) is 4.79 Å². The number of rotatable bonds is 7. The van der Waals surface area contributed by atoms with Gasteiger partial charge in [-0.1, -0.05) is 28.6 Å². The van der Waals surface area contributed by atoms with E-state index >= 15 is 0 Å². The minimum absolute atomic E-state index is 0.0307. The van der Waals surface area contributed by atoms with E-state index < -0.39 is 5.97 Å². The topological polar surface area (TPSA) is 134 Å². The Kier molecular flexibility index (Phi) is 5.93. The number of hydrogen-bond acceptors (Lipinski definition) is 9. The Morgan fingerprint density at radius 2 is 2.03 bits per heavy atom. The molecule has 0 bridgehead atoms. The number of carboxylic acid groups (broad SMARTS) is 1. The quantitative estimate of drug-likeness (QED) is 0.387. The molecule has 0 atom stereocenters. The maximum atomic E-state index is 13.1. The van der Waals surface area contributed by atoms with Crippen LogP contribution in [0.25, 0.3) is 22.2 Å². The minimum atomic E-state index is -1.03. The first-order chi connectivity index (χ1) is 16.8. The number of carbonyl (C=O) groups excluding carboxylic acids is 1. The second-order valence-electron chi connectivity index (χ2n) is 8.54. The third-order valence-electron chi connectivity index (χ3n) is 6.17. The molecule has 180 valence electrons. The summed E-state index contributed by atoms with van der Waals surface area (Å²) in [6, 6.07) is 7.98. The van der Waals surface area contributed by atoms with E-state index in [9.17, 15) is 14.7 Å². The van der Waals surface area contributed by atoms with Gasteiger partial charge in [-0.15, -0.1) is 0 Å². The van der Waals surface area contributed by atoms with E-state index in [2.05, 4.69) is 25.4 Å². The number of aryl methyl sites for hydroxylation is 2. The average molecular weight is 493 g/mol. The van der Waals surface area contributed by atoms with E-state index in [0.29, 0.717) is 41.9 Å². The summed E-state index contributed by atoms with van der Waals surface area (Å²) < 4.78 is 5.11. The van der Waals surface area contributed by atoms with Crippen LogP contribution in [0.15, 0.2) is 35.0 Å². The van der Waals surface area contributed by atoms with Gasteiger partial charge < -0.3 is 14.9 Å². The van der Waals surface area contributed by atoms with Gasteiger partial charge in [-0.2, -0.15) is 4.98 Å². The highest BCUT2D eigenvalue weighted by Crippen LogP contribution is 2.36. The second kappa shape index (κ2) is 9.06. The monoisotopic (exact) mass is 492 g/mol. The van der Waals surface area contributed by atoms with Gasteiger partial charge in [0, 0.05) is 42.6 Å². The molecule has 4 aromatic rings. The van der Waals surface area contributed by atoms with E-state index in [1.807, 2.05) is 31.2 Å². The average Bonchev–Trinajstić information content (AvgIpc) is 3.41. The number of thiazole rings is 1. The van der Waals surface area contributed by atoms with Gasteiger partial charge in [0.15, 0.2) is 5.13 Å². The predicted molar refractivity (Wildman–Crippen MR) is 132 cm³/mol. The zero-order valence-electron chi connectivity index (χ0n) is 19.5. The Bertz CT molecular complexity index is 1420. The summed E-state index contributed by atoms with van der Waals surface area (Å²) >= 11 is 1.04. The molecular formula is C24H24N6O4S. The fourth-order valence-electron chi connectivity index (χ4n) is 4.27. The van der Waals surface area contributed by atoms with Gasteiger partial charge in [0.1, 0.15) is 10.7 Å². The van der Waals surface area contributed by atoms with Crippen LogP contribution in [0.3, 0.4) is 0 Å². The van der Waals surface area contributed by atoms with Crippen molar-refractivity contribution in [3.8, 4) is 11.4 Å². The van der Waals surface area contributed by atoms with E-state index in [0.717, 1.165) is 33.5 Å². The van der Waals surface area contributed by atoms with Crippen LogP contribution in [0.4, 0.5) is 10.9 Å². The lowest BCUT2D eigenvalue weighted by atomic mass is 9.79. The van der Waals surface area contributed by atoms with Gasteiger partial charge in [0.25, 0.3) is 0 Å². The molecule has 0 aliphatic heterocycles. The Labute approximate surface area is 205 Å². The number of carboxylic acids is 1. The lowest BCUT2D eigenvalue weighted by Gasteiger charge is -2.37. The summed E-state index contributed by atoms with van der Waals surface area (Å²) in [6.45, 7) is 5.70. The van der Waals surface area contributed by atoms with E-state index in [-0.39, 0.29) is 22.7 Å². The minimum Gasteiger partial charge on any atom is -0.477 e. The molecule has 11 heteroatoms. The number of nitrogens with one attached hydrogen (secondary N) is 1. The highest BCUT2D eigenvalue weighted by atomic mass is 32.1. The van der Waals surface area contributed by atoms with Crippen LogP contribution in [0.5, 0.6) is 0 Å². The van der Waals surface area contributed by atoms with Crippen molar-refractivity contribution in [3.05, 3.63) is 46.9 Å². The molecule has 1 aromatic carbocycles. The maximum Gasteiger partial charge on any atom is 0.347 e. The number of anilines is 2. The molecule has 0 spiro atoms. The van der Waals surface area contributed by atoms with Crippen LogP contribution in [-0.4, -0.2) is 49.7 Å². The van der Waals surface area contributed by atoms with Crippen molar-refractivity contribution in [2.24, 2.45) is 5.92 Å². The Morgan fingerprint density at radius 1 is 1.23 bits per heavy atom. The second-order valence-corrected chi connectivity index (χ2v) is 9.52. The summed E-state index contributed by atoms with van der Waals surface area (Å²) in [5.41, 5.74) is 1.26. The predicted octanol–water partition coefficient (Wildman–Crippen LogP) is 4.30. The molecular weight excluding hydrogens is 468 g/mol. The first-order valence-corrected chi connectivity index (χ1v) is 12.1. The molecule has 0 radical (unpaired) electrons. The van der Waals surface area contributed by atoms with Crippen molar-refractivity contribution < 1.29 is 19.2 Å². The Hall–Kier alpha value is -3.86. The van der Waals surface area contributed by atoms with Gasteiger partial charge in [-0.05, 0) is 44.2 Å². The number of fused-ring (bicyclic) bond motifs is 1. The fraction of sp³-hybridized carbons (Fsp3) is 0.333. The summed E-state index contributed by atoms with van der Waals surface area (Å²) in [7, 11) is 0. The molecule has 2 N–H and O–H groups in total. The van der Waals surface area contributed by atoms with Gasteiger partial charge >= 0.3 is 5.97 Å². The molecule has 35 heavy (non-hydrogen) atoms. The van der Waals surface area contributed by atoms with Crippen LogP contribution in [0, 0.1) is 19.8 Å². The van der Waals surface area contributed by atoms with Gasteiger partial charge in [-0.25, -0.2) is 14.8 Å². The smallest absolute Gasteiger partial charge is 0.347 e. The van der Waals surface area contributed by atoms with E-state index in [1.165, 1.54) is 0 Å². The number of hydrogen-bond donors (Lipinski definition) is 2. The van der Waals surface area contributed by atoms with Crippen molar-refractivity contribution in [2.45, 2.75) is 39.7 Å². The summed E-state index contributed by atoms with van der Waals surface area (Å²) in [6.07, 6.45) is 3.08. The van der Waals surface area contributed by atoms with Crippen molar-refractivity contribution >= 4 is 44.9 Å². The zero-order valence-corrected chi connectivity index (χ0v) is 20.3. The third kappa shape index (κ3) is 4.34. The fourth-order valence-corrected chi connectivity index (χ4v) is 5.25. The highest BCUT2D eigenvalue weighted by molar-refractivity contribution is 7.17. The number of carbonyl (C=O) groups is 2. The molecule has 1 amide bonds. The van der Waals surface area contributed by atoms with Gasteiger partial charge in [-0.3, -0.25) is 9.69 Å². The molecule has 1 aliphatic carbocycles. The molecule has 0 unspecified atom stereocenters. The first-order valence-electron chi connectivity index (χ1n) is 11.3. The number of nitrogens with zero attached hydrogens (tertiary/aromatic N) is 5. The molecule has 3 heterocycles. The molecule has 5 rings (SSSR count). The first kappa shape index (κ1) is 22.9. The largest absolute Gasteiger partial charge is 0.477 e. The number of amides is 1.